The molecular formula is C16H25F4NO3. The van der Waals surface area contributed by atoms with Crippen molar-refractivity contribution in [3.05, 3.63) is 0 Å². The molecule has 0 heterocycles. The monoisotopic (exact) mass is 355 g/mol. The first-order chi connectivity index (χ1) is 10.7. The van der Waals surface area contributed by atoms with Gasteiger partial charge in [-0.3, -0.25) is 9.59 Å². The number of carbonyl (C=O) groups is 2. The highest BCUT2D eigenvalue weighted by molar-refractivity contribution is 5.84. The first-order valence-corrected chi connectivity index (χ1v) is 8.00. The molecular weight excluding hydrogens is 330 g/mol. The lowest BCUT2D eigenvalue weighted by atomic mass is 9.72. The van der Waals surface area contributed by atoms with Gasteiger partial charge in [0.05, 0.1) is 11.8 Å². The highest BCUT2D eigenvalue weighted by Gasteiger charge is 2.46. The van der Waals surface area contributed by atoms with E-state index in [1.54, 1.807) is 20.8 Å². The quantitative estimate of drug-likeness (QED) is 0.560. The Kier molecular flexibility index (Phi) is 6.27. The zero-order valence-corrected chi connectivity index (χ0v) is 14.2. The molecule has 0 aromatic carbocycles. The average Bonchev–Trinajstić information content (AvgIpc) is 2.31. The lowest BCUT2D eigenvalue weighted by molar-refractivity contribution is -0.169. The number of ether oxygens (including phenoxy) is 1. The predicted octanol–water partition coefficient (Wildman–Crippen LogP) is 3.67. The van der Waals surface area contributed by atoms with Crippen LogP contribution in [0, 0.1) is 11.8 Å². The summed E-state index contributed by atoms with van der Waals surface area (Å²) < 4.78 is 57.2. The minimum Gasteiger partial charge on any atom is -0.460 e. The summed E-state index contributed by atoms with van der Waals surface area (Å²) in [4.78, 5) is 24.0. The molecule has 0 saturated heterocycles. The summed E-state index contributed by atoms with van der Waals surface area (Å²) in [6, 6.07) is 0. The number of carbonyl (C=O) groups excluding carboxylic acids is 2. The van der Waals surface area contributed by atoms with Crippen LogP contribution in [0.15, 0.2) is 0 Å². The molecule has 2 atom stereocenters. The number of primary amides is 1. The van der Waals surface area contributed by atoms with Crippen molar-refractivity contribution in [3.8, 4) is 0 Å². The molecule has 0 spiro atoms. The van der Waals surface area contributed by atoms with Crippen molar-refractivity contribution in [2.24, 2.45) is 17.6 Å². The van der Waals surface area contributed by atoms with E-state index in [1.165, 1.54) is 0 Å². The average molecular weight is 355 g/mol. The largest absolute Gasteiger partial charge is 0.460 e. The Balaban J connectivity index is 2.97. The summed E-state index contributed by atoms with van der Waals surface area (Å²) in [5.74, 6) is -4.64. The SMILES string of the molecule is CC(C)(C)OC(=O)C(CCC(F)(F)F)C(CC1(F)CCC1)C(N)=O. The summed E-state index contributed by atoms with van der Waals surface area (Å²) in [6.07, 6.45) is -5.67. The van der Waals surface area contributed by atoms with Gasteiger partial charge in [-0.05, 0) is 52.9 Å². The van der Waals surface area contributed by atoms with Gasteiger partial charge in [0.2, 0.25) is 5.91 Å². The number of esters is 1. The van der Waals surface area contributed by atoms with Crippen molar-refractivity contribution in [3.63, 3.8) is 0 Å². The summed E-state index contributed by atoms with van der Waals surface area (Å²) >= 11 is 0. The molecule has 2 N–H and O–H groups in total. The number of alkyl halides is 4. The number of hydrogen-bond donors (Lipinski definition) is 1. The van der Waals surface area contributed by atoms with E-state index in [9.17, 15) is 27.2 Å². The molecule has 1 fully saturated rings. The minimum absolute atomic E-state index is 0.219. The van der Waals surface area contributed by atoms with Crippen LogP contribution in [0.25, 0.3) is 0 Å². The van der Waals surface area contributed by atoms with Crippen LogP contribution in [0.5, 0.6) is 0 Å². The fraction of sp³-hybridized carbons (Fsp3) is 0.875. The van der Waals surface area contributed by atoms with Gasteiger partial charge in [0.1, 0.15) is 11.3 Å². The molecule has 4 nitrogen and oxygen atoms in total. The Morgan fingerprint density at radius 3 is 2.04 bits per heavy atom. The second kappa shape index (κ2) is 7.27. The Morgan fingerprint density at radius 2 is 1.71 bits per heavy atom. The van der Waals surface area contributed by atoms with Gasteiger partial charge in [0, 0.05) is 6.42 Å². The number of amides is 1. The van der Waals surface area contributed by atoms with E-state index in [1.807, 2.05) is 0 Å². The number of halogens is 4. The first-order valence-electron chi connectivity index (χ1n) is 8.00. The molecule has 1 amide bonds. The zero-order chi connectivity index (χ0) is 18.8. The molecule has 0 radical (unpaired) electrons. The van der Waals surface area contributed by atoms with Gasteiger partial charge in [0.25, 0.3) is 0 Å². The van der Waals surface area contributed by atoms with Crippen molar-refractivity contribution >= 4 is 11.9 Å². The second-order valence-corrected chi connectivity index (χ2v) is 7.51. The molecule has 1 aliphatic carbocycles. The van der Waals surface area contributed by atoms with Crippen molar-refractivity contribution in [1.82, 2.24) is 0 Å². The van der Waals surface area contributed by atoms with Crippen LogP contribution < -0.4 is 5.73 Å². The predicted molar refractivity (Wildman–Crippen MR) is 79.6 cm³/mol. The fourth-order valence-electron chi connectivity index (χ4n) is 2.78. The van der Waals surface area contributed by atoms with Gasteiger partial charge in [0.15, 0.2) is 0 Å². The Hall–Kier alpha value is -1.34. The van der Waals surface area contributed by atoms with E-state index in [4.69, 9.17) is 10.5 Å². The zero-order valence-electron chi connectivity index (χ0n) is 14.2. The highest BCUT2D eigenvalue weighted by atomic mass is 19.4. The minimum atomic E-state index is -4.49. The third-order valence-corrected chi connectivity index (χ3v) is 4.13. The maximum Gasteiger partial charge on any atom is 0.389 e. The summed E-state index contributed by atoms with van der Waals surface area (Å²) in [5, 5.41) is 0. The van der Waals surface area contributed by atoms with Gasteiger partial charge in [-0.15, -0.1) is 0 Å². The van der Waals surface area contributed by atoms with Crippen molar-refractivity contribution < 1.29 is 31.9 Å². The van der Waals surface area contributed by atoms with Gasteiger partial charge in [-0.2, -0.15) is 13.2 Å². The van der Waals surface area contributed by atoms with Crippen LogP contribution in [-0.4, -0.2) is 29.3 Å². The molecule has 1 saturated carbocycles. The lowest BCUT2D eigenvalue weighted by Gasteiger charge is -2.38. The van der Waals surface area contributed by atoms with Crippen molar-refractivity contribution in [2.75, 3.05) is 0 Å². The highest BCUT2D eigenvalue weighted by Crippen LogP contribution is 2.43. The van der Waals surface area contributed by atoms with Gasteiger partial charge in [-0.25, -0.2) is 4.39 Å². The standard InChI is InChI=1S/C16H25F4NO3/c1-14(2,3)24-13(23)10(5-8-16(18,19)20)11(12(21)22)9-15(17)6-4-7-15/h10-11H,4-9H2,1-3H3,(H2,21,22). The number of hydrogen-bond acceptors (Lipinski definition) is 3. The molecule has 140 valence electrons. The van der Waals surface area contributed by atoms with Crippen molar-refractivity contribution in [1.29, 1.82) is 0 Å². The Bertz CT molecular complexity index is 467. The third-order valence-electron chi connectivity index (χ3n) is 4.13. The van der Waals surface area contributed by atoms with Crippen LogP contribution in [-0.2, 0) is 14.3 Å². The van der Waals surface area contributed by atoms with Gasteiger partial charge in [-0.1, -0.05) is 0 Å². The molecule has 0 aromatic rings. The van der Waals surface area contributed by atoms with Crippen molar-refractivity contribution in [2.45, 2.75) is 76.7 Å². The normalized spacial score (nSPS) is 20.0. The molecule has 1 rings (SSSR count). The molecule has 0 bridgehead atoms. The molecule has 24 heavy (non-hydrogen) atoms. The Labute approximate surface area is 139 Å². The van der Waals surface area contributed by atoms with E-state index in [0.29, 0.717) is 6.42 Å². The van der Waals surface area contributed by atoms with E-state index in [2.05, 4.69) is 0 Å². The van der Waals surface area contributed by atoms with Crippen LogP contribution in [0.2, 0.25) is 0 Å². The third kappa shape index (κ3) is 6.65. The summed E-state index contributed by atoms with van der Waals surface area (Å²) in [7, 11) is 0. The molecule has 1 aliphatic rings. The smallest absolute Gasteiger partial charge is 0.389 e. The molecule has 2 unspecified atom stereocenters. The fourth-order valence-corrected chi connectivity index (χ4v) is 2.78. The van der Waals surface area contributed by atoms with E-state index in [-0.39, 0.29) is 19.3 Å². The van der Waals surface area contributed by atoms with Gasteiger partial charge < -0.3 is 10.5 Å². The summed E-state index contributed by atoms with van der Waals surface area (Å²) in [5.41, 5.74) is 2.70. The van der Waals surface area contributed by atoms with Crippen LogP contribution in [0.1, 0.15) is 59.3 Å². The molecule has 0 aliphatic heterocycles. The molecule has 8 heteroatoms. The second-order valence-electron chi connectivity index (χ2n) is 7.51. The van der Waals surface area contributed by atoms with E-state index < -0.39 is 54.0 Å². The Morgan fingerprint density at radius 1 is 1.17 bits per heavy atom. The first kappa shape index (κ1) is 20.7. The maximum atomic E-state index is 14.4. The topological polar surface area (TPSA) is 69.4 Å². The maximum absolute atomic E-state index is 14.4. The van der Waals surface area contributed by atoms with E-state index >= 15 is 0 Å². The number of rotatable bonds is 7. The van der Waals surface area contributed by atoms with Gasteiger partial charge >= 0.3 is 12.1 Å². The lowest BCUT2D eigenvalue weighted by Crippen LogP contribution is -2.44. The van der Waals surface area contributed by atoms with Crippen LogP contribution in [0.4, 0.5) is 17.6 Å². The molecule has 0 aromatic heterocycles. The van der Waals surface area contributed by atoms with Crippen LogP contribution in [0.3, 0.4) is 0 Å². The van der Waals surface area contributed by atoms with Crippen LogP contribution >= 0.6 is 0 Å². The number of nitrogens with two attached hydrogens (primary N) is 1. The van der Waals surface area contributed by atoms with E-state index in [0.717, 1.165) is 0 Å². The summed E-state index contributed by atoms with van der Waals surface area (Å²) in [6.45, 7) is 4.69.